The summed E-state index contributed by atoms with van der Waals surface area (Å²) in [6.45, 7) is 0. The molecule has 0 amide bonds. The fourth-order valence-corrected chi connectivity index (χ4v) is 3.31. The Morgan fingerprint density at radius 2 is 2.04 bits per heavy atom. The summed E-state index contributed by atoms with van der Waals surface area (Å²) in [6, 6.07) is 8.24. The molecule has 0 unspecified atom stereocenters. The zero-order valence-corrected chi connectivity index (χ0v) is 13.3. The second kappa shape index (κ2) is 4.61. The van der Waals surface area contributed by atoms with E-state index in [0.717, 1.165) is 44.7 Å². The van der Waals surface area contributed by atoms with Gasteiger partial charge in [0.05, 0.1) is 24.5 Å². The first kappa shape index (κ1) is 13.2. The molecule has 1 aromatic carbocycles. The molecule has 4 heterocycles. The van der Waals surface area contributed by atoms with Crippen LogP contribution >= 0.6 is 0 Å². The molecule has 24 heavy (non-hydrogen) atoms. The number of nitrogens with one attached hydrogen (secondary N) is 1. The van der Waals surface area contributed by atoms with Crippen molar-refractivity contribution < 1.29 is 4.74 Å². The minimum absolute atomic E-state index is 0.840. The van der Waals surface area contributed by atoms with Crippen LogP contribution in [0.15, 0.2) is 49.1 Å². The molecule has 5 rings (SSSR count). The van der Waals surface area contributed by atoms with Crippen LogP contribution in [0.3, 0.4) is 0 Å². The van der Waals surface area contributed by atoms with E-state index in [1.54, 1.807) is 19.5 Å². The molecule has 1 N–H and O–H groups in total. The predicted molar refractivity (Wildman–Crippen MR) is 93.3 cm³/mol. The Balaban J connectivity index is 1.81. The minimum Gasteiger partial charge on any atom is -0.497 e. The molecule has 0 saturated heterocycles. The van der Waals surface area contributed by atoms with Crippen LogP contribution < -0.4 is 4.74 Å². The molecule has 0 saturated carbocycles. The summed E-state index contributed by atoms with van der Waals surface area (Å²) in [6.07, 6.45) is 7.63. The number of methoxy groups -OCH3 is 1. The minimum atomic E-state index is 0.840. The number of benzene rings is 1. The van der Waals surface area contributed by atoms with E-state index in [1.807, 2.05) is 23.7 Å². The van der Waals surface area contributed by atoms with E-state index in [0.29, 0.717) is 0 Å². The lowest BCUT2D eigenvalue weighted by molar-refractivity contribution is 0.415. The number of hydrogen-bond acceptors (Lipinski definition) is 3. The average Bonchev–Trinajstić information content (AvgIpc) is 3.30. The molecule has 0 atom stereocenters. The maximum absolute atomic E-state index is 5.38. The fourth-order valence-electron chi connectivity index (χ4n) is 3.31. The first-order chi connectivity index (χ1) is 11.7. The lowest BCUT2D eigenvalue weighted by atomic mass is 10.1. The third-order valence-electron chi connectivity index (χ3n) is 4.50. The van der Waals surface area contributed by atoms with Crippen LogP contribution in [0.4, 0.5) is 0 Å². The van der Waals surface area contributed by atoms with Crippen molar-refractivity contribution in [3.8, 4) is 17.0 Å². The van der Waals surface area contributed by atoms with Crippen LogP contribution in [0.25, 0.3) is 39.0 Å². The number of hydrogen-bond donors (Lipinski definition) is 1. The maximum Gasteiger partial charge on any atom is 0.155 e. The molecule has 6 heteroatoms. The van der Waals surface area contributed by atoms with Gasteiger partial charge in [-0.3, -0.25) is 4.40 Å². The number of H-pyrrole nitrogens is 1. The smallest absolute Gasteiger partial charge is 0.155 e. The van der Waals surface area contributed by atoms with E-state index in [1.165, 1.54) is 0 Å². The van der Waals surface area contributed by atoms with Gasteiger partial charge in [0.15, 0.2) is 11.3 Å². The highest BCUT2D eigenvalue weighted by Gasteiger charge is 2.14. The molecule has 0 spiro atoms. The zero-order valence-electron chi connectivity index (χ0n) is 13.3. The number of fused-ring (bicyclic) bond motifs is 4. The molecule has 118 valence electrons. The van der Waals surface area contributed by atoms with Gasteiger partial charge in [0, 0.05) is 42.1 Å². The second-order valence-electron chi connectivity index (χ2n) is 5.87. The van der Waals surface area contributed by atoms with Crippen molar-refractivity contribution >= 4 is 27.7 Å². The number of aromatic amines is 1. The number of aromatic nitrogens is 5. The highest BCUT2D eigenvalue weighted by Crippen LogP contribution is 2.33. The van der Waals surface area contributed by atoms with Gasteiger partial charge in [0.25, 0.3) is 0 Å². The summed E-state index contributed by atoms with van der Waals surface area (Å²) in [5.74, 6) is 0.848. The van der Waals surface area contributed by atoms with Gasteiger partial charge in [-0.15, -0.1) is 0 Å². The molecular weight excluding hydrogens is 302 g/mol. The molecule has 0 radical (unpaired) electrons. The van der Waals surface area contributed by atoms with Gasteiger partial charge in [-0.2, -0.15) is 0 Å². The van der Waals surface area contributed by atoms with Crippen molar-refractivity contribution in [2.75, 3.05) is 7.11 Å². The maximum atomic E-state index is 5.38. The van der Waals surface area contributed by atoms with Crippen molar-refractivity contribution in [1.29, 1.82) is 0 Å². The van der Waals surface area contributed by atoms with Gasteiger partial charge in [-0.1, -0.05) is 0 Å². The number of nitrogens with zero attached hydrogens (tertiary/aromatic N) is 4. The van der Waals surface area contributed by atoms with Crippen LogP contribution in [0.1, 0.15) is 0 Å². The Labute approximate surface area is 137 Å². The Kier molecular flexibility index (Phi) is 2.53. The van der Waals surface area contributed by atoms with Gasteiger partial charge >= 0.3 is 0 Å². The number of imidazole rings is 1. The van der Waals surface area contributed by atoms with Crippen LogP contribution in [-0.2, 0) is 7.05 Å². The quantitative estimate of drug-likeness (QED) is 0.543. The van der Waals surface area contributed by atoms with Crippen LogP contribution in [0.2, 0.25) is 0 Å². The summed E-state index contributed by atoms with van der Waals surface area (Å²) in [5, 5.41) is 1.14. The first-order valence-electron chi connectivity index (χ1n) is 7.69. The molecule has 0 fully saturated rings. The Hall–Kier alpha value is -3.28. The molecule has 0 bridgehead atoms. The van der Waals surface area contributed by atoms with E-state index in [9.17, 15) is 0 Å². The molecule has 0 aliphatic heterocycles. The van der Waals surface area contributed by atoms with Crippen LogP contribution in [0.5, 0.6) is 5.75 Å². The molecule has 6 nitrogen and oxygen atoms in total. The van der Waals surface area contributed by atoms with Crippen molar-refractivity contribution in [3.05, 3.63) is 49.1 Å². The van der Waals surface area contributed by atoms with E-state index < -0.39 is 0 Å². The number of ether oxygens (including phenoxy) is 1. The highest BCUT2D eigenvalue weighted by atomic mass is 16.5. The lowest BCUT2D eigenvalue weighted by Gasteiger charge is -2.01. The van der Waals surface area contributed by atoms with Gasteiger partial charge in [0.2, 0.25) is 0 Å². The summed E-state index contributed by atoms with van der Waals surface area (Å²) in [5.41, 5.74) is 6.00. The molecule has 0 aliphatic rings. The standard InChI is InChI=1S/C18H15N5O/c1-22-10-13(12-7-11(24-2)3-4-15(12)22)14-8-16-18(21-14)20-9-17-19-5-6-23(16)17/h3-10,21H,1-2H3. The van der Waals surface area contributed by atoms with E-state index in [4.69, 9.17) is 4.74 Å². The van der Waals surface area contributed by atoms with Crippen molar-refractivity contribution in [2.24, 2.45) is 7.05 Å². The molecule has 0 aliphatic carbocycles. The SMILES string of the molecule is COc1ccc2c(c1)c(-c1cc3c(ncc4nccn43)[nH]1)cn2C. The Morgan fingerprint density at radius 3 is 2.92 bits per heavy atom. The highest BCUT2D eigenvalue weighted by molar-refractivity contribution is 5.98. The van der Waals surface area contributed by atoms with Gasteiger partial charge in [0.1, 0.15) is 5.75 Å². The van der Waals surface area contributed by atoms with Crippen molar-refractivity contribution in [1.82, 2.24) is 23.9 Å². The fraction of sp³-hybridized carbons (Fsp3) is 0.111. The van der Waals surface area contributed by atoms with E-state index in [-0.39, 0.29) is 0 Å². The zero-order chi connectivity index (χ0) is 16.3. The molecular formula is C18H15N5O. The number of aryl methyl sites for hydroxylation is 1. The Bertz CT molecular complexity index is 1210. The van der Waals surface area contributed by atoms with Crippen LogP contribution in [0, 0.1) is 0 Å². The lowest BCUT2D eigenvalue weighted by Crippen LogP contribution is -1.86. The first-order valence-corrected chi connectivity index (χ1v) is 7.69. The summed E-state index contributed by atoms with van der Waals surface area (Å²) < 4.78 is 9.54. The van der Waals surface area contributed by atoms with Crippen molar-refractivity contribution in [2.45, 2.75) is 0 Å². The predicted octanol–water partition coefficient (Wildman–Crippen LogP) is 3.38. The topological polar surface area (TPSA) is 60.1 Å². The van der Waals surface area contributed by atoms with Crippen LogP contribution in [-0.4, -0.2) is 31.0 Å². The monoisotopic (exact) mass is 317 g/mol. The normalized spacial score (nSPS) is 11.8. The third-order valence-corrected chi connectivity index (χ3v) is 4.50. The summed E-state index contributed by atoms with van der Waals surface area (Å²) in [4.78, 5) is 12.2. The average molecular weight is 317 g/mol. The van der Waals surface area contributed by atoms with Gasteiger partial charge in [-0.05, 0) is 24.3 Å². The molecule has 5 aromatic rings. The van der Waals surface area contributed by atoms with E-state index >= 15 is 0 Å². The van der Waals surface area contributed by atoms with Gasteiger partial charge in [-0.25, -0.2) is 9.97 Å². The summed E-state index contributed by atoms with van der Waals surface area (Å²) >= 11 is 0. The summed E-state index contributed by atoms with van der Waals surface area (Å²) in [7, 11) is 3.74. The Morgan fingerprint density at radius 1 is 1.12 bits per heavy atom. The number of rotatable bonds is 2. The van der Waals surface area contributed by atoms with Crippen molar-refractivity contribution in [3.63, 3.8) is 0 Å². The van der Waals surface area contributed by atoms with E-state index in [2.05, 4.69) is 43.9 Å². The molecule has 4 aromatic heterocycles. The third kappa shape index (κ3) is 1.70. The van der Waals surface area contributed by atoms with Gasteiger partial charge < -0.3 is 14.3 Å². The second-order valence-corrected chi connectivity index (χ2v) is 5.87. The largest absolute Gasteiger partial charge is 0.497 e.